The van der Waals surface area contributed by atoms with Crippen molar-refractivity contribution in [2.24, 2.45) is 5.73 Å². The van der Waals surface area contributed by atoms with Crippen LogP contribution in [0.5, 0.6) is 11.5 Å². The first kappa shape index (κ1) is 13.9. The maximum absolute atomic E-state index is 5.78. The lowest BCUT2D eigenvalue weighted by molar-refractivity contribution is 0.297. The predicted octanol–water partition coefficient (Wildman–Crippen LogP) is 2.52. The highest BCUT2D eigenvalue weighted by molar-refractivity contribution is 5.63. The largest absolute Gasteiger partial charge is 0.490 e. The lowest BCUT2D eigenvalue weighted by Crippen LogP contribution is -2.15. The molecule has 3 N–H and O–H groups in total. The summed E-state index contributed by atoms with van der Waals surface area (Å²) in [7, 11) is 0. The lowest BCUT2D eigenvalue weighted by atomic mass is 10.1. The molecule has 2 aromatic rings. The first-order valence-electron chi connectivity index (χ1n) is 7.42. The van der Waals surface area contributed by atoms with Crippen molar-refractivity contribution >= 4 is 0 Å². The highest BCUT2D eigenvalue weighted by atomic mass is 16.5. The number of hydrogen-bond donors (Lipinski definition) is 2. The number of imidazole rings is 1. The maximum Gasteiger partial charge on any atom is 0.161 e. The molecule has 0 saturated heterocycles. The van der Waals surface area contributed by atoms with Gasteiger partial charge in [-0.15, -0.1) is 0 Å². The smallest absolute Gasteiger partial charge is 0.161 e. The number of aryl methyl sites for hydroxylation is 1. The Hall–Kier alpha value is -2.01. The van der Waals surface area contributed by atoms with E-state index in [4.69, 9.17) is 15.2 Å². The molecule has 1 atom stereocenters. The van der Waals surface area contributed by atoms with E-state index in [2.05, 4.69) is 9.97 Å². The fourth-order valence-corrected chi connectivity index (χ4v) is 2.33. The van der Waals surface area contributed by atoms with E-state index in [1.54, 1.807) is 0 Å². The maximum atomic E-state index is 5.78. The molecular weight excluding hydrogens is 266 g/mol. The van der Waals surface area contributed by atoms with Gasteiger partial charge in [0.25, 0.3) is 0 Å². The molecule has 2 heterocycles. The summed E-state index contributed by atoms with van der Waals surface area (Å²) in [5.74, 6) is 2.58. The SMILES string of the molecule is CC(N)CCc1ncc(-c2ccc3c(c2)OCCCO3)[nH]1. The number of aromatic amines is 1. The molecule has 1 aromatic carbocycles. The van der Waals surface area contributed by atoms with Crippen LogP contribution in [0.15, 0.2) is 24.4 Å². The zero-order valence-corrected chi connectivity index (χ0v) is 12.3. The van der Waals surface area contributed by atoms with Gasteiger partial charge >= 0.3 is 0 Å². The number of nitrogens with two attached hydrogens (primary N) is 1. The summed E-state index contributed by atoms with van der Waals surface area (Å²) in [5.41, 5.74) is 7.82. The van der Waals surface area contributed by atoms with Gasteiger partial charge in [0, 0.05) is 24.4 Å². The second kappa shape index (κ2) is 6.18. The van der Waals surface area contributed by atoms with Crippen LogP contribution in [0.3, 0.4) is 0 Å². The number of fused-ring (bicyclic) bond motifs is 1. The molecule has 0 saturated carbocycles. The van der Waals surface area contributed by atoms with Crippen LogP contribution in [0.2, 0.25) is 0 Å². The molecule has 3 rings (SSSR count). The van der Waals surface area contributed by atoms with Crippen LogP contribution in [0.1, 0.15) is 25.6 Å². The highest BCUT2D eigenvalue weighted by Gasteiger charge is 2.12. The monoisotopic (exact) mass is 287 g/mol. The quantitative estimate of drug-likeness (QED) is 0.906. The molecule has 0 aliphatic carbocycles. The van der Waals surface area contributed by atoms with Crippen LogP contribution >= 0.6 is 0 Å². The van der Waals surface area contributed by atoms with E-state index in [1.165, 1.54) is 0 Å². The zero-order chi connectivity index (χ0) is 14.7. The summed E-state index contributed by atoms with van der Waals surface area (Å²) in [4.78, 5) is 7.76. The van der Waals surface area contributed by atoms with Crippen LogP contribution in [-0.2, 0) is 6.42 Å². The molecule has 21 heavy (non-hydrogen) atoms. The van der Waals surface area contributed by atoms with Crippen LogP contribution in [-0.4, -0.2) is 29.2 Å². The van der Waals surface area contributed by atoms with Gasteiger partial charge in [0.05, 0.1) is 25.1 Å². The van der Waals surface area contributed by atoms with Crippen molar-refractivity contribution in [1.82, 2.24) is 9.97 Å². The molecule has 0 amide bonds. The Kier molecular flexibility index (Phi) is 4.10. The van der Waals surface area contributed by atoms with E-state index in [1.807, 2.05) is 31.3 Å². The third-order valence-corrected chi connectivity index (χ3v) is 3.52. The van der Waals surface area contributed by atoms with E-state index in [0.717, 1.165) is 47.8 Å². The van der Waals surface area contributed by atoms with Gasteiger partial charge in [0.2, 0.25) is 0 Å². The average Bonchev–Trinajstić information content (AvgIpc) is 2.82. The van der Waals surface area contributed by atoms with Crippen LogP contribution < -0.4 is 15.2 Å². The van der Waals surface area contributed by atoms with Gasteiger partial charge in [-0.1, -0.05) is 0 Å². The molecule has 5 nitrogen and oxygen atoms in total. The van der Waals surface area contributed by atoms with Crippen molar-refractivity contribution < 1.29 is 9.47 Å². The number of rotatable bonds is 4. The van der Waals surface area contributed by atoms with E-state index in [0.29, 0.717) is 13.2 Å². The number of ether oxygens (including phenoxy) is 2. The first-order chi connectivity index (χ1) is 10.2. The highest BCUT2D eigenvalue weighted by Crippen LogP contribution is 2.33. The van der Waals surface area contributed by atoms with E-state index in [9.17, 15) is 0 Å². The summed E-state index contributed by atoms with van der Waals surface area (Å²) >= 11 is 0. The minimum absolute atomic E-state index is 0.191. The van der Waals surface area contributed by atoms with Gasteiger partial charge in [0.1, 0.15) is 5.82 Å². The molecule has 1 unspecified atom stereocenters. The minimum Gasteiger partial charge on any atom is -0.490 e. The average molecular weight is 287 g/mol. The molecule has 112 valence electrons. The van der Waals surface area contributed by atoms with Gasteiger partial charge in [-0.3, -0.25) is 0 Å². The Morgan fingerprint density at radius 3 is 2.90 bits per heavy atom. The Labute approximate surface area is 124 Å². The van der Waals surface area contributed by atoms with Gasteiger partial charge in [-0.05, 0) is 31.5 Å². The van der Waals surface area contributed by atoms with Crippen LogP contribution in [0, 0.1) is 0 Å². The Bertz CT molecular complexity index is 607. The van der Waals surface area contributed by atoms with Crippen molar-refractivity contribution in [3.05, 3.63) is 30.2 Å². The summed E-state index contributed by atoms with van der Waals surface area (Å²) in [6.07, 6.45) is 4.56. The van der Waals surface area contributed by atoms with Crippen molar-refractivity contribution in [2.45, 2.75) is 32.2 Å². The van der Waals surface area contributed by atoms with E-state index in [-0.39, 0.29) is 6.04 Å². The third-order valence-electron chi connectivity index (χ3n) is 3.52. The van der Waals surface area contributed by atoms with Crippen molar-refractivity contribution in [1.29, 1.82) is 0 Å². The second-order valence-electron chi connectivity index (χ2n) is 5.47. The van der Waals surface area contributed by atoms with Crippen LogP contribution in [0.25, 0.3) is 11.3 Å². The second-order valence-corrected chi connectivity index (χ2v) is 5.47. The zero-order valence-electron chi connectivity index (χ0n) is 12.3. The number of hydrogen-bond acceptors (Lipinski definition) is 4. The molecule has 0 bridgehead atoms. The minimum atomic E-state index is 0.191. The fraction of sp³-hybridized carbons (Fsp3) is 0.438. The topological polar surface area (TPSA) is 73.2 Å². The summed E-state index contributed by atoms with van der Waals surface area (Å²) < 4.78 is 11.4. The molecule has 1 aliphatic rings. The van der Waals surface area contributed by atoms with Gasteiger partial charge < -0.3 is 20.2 Å². The summed E-state index contributed by atoms with van der Waals surface area (Å²) in [6, 6.07) is 6.18. The standard InChI is InChI=1S/C16H21N3O2/c1-11(17)3-6-16-18-10-13(19-16)12-4-5-14-15(9-12)21-8-2-7-20-14/h4-5,9-11H,2-3,6-8,17H2,1H3,(H,18,19). The molecule has 5 heteroatoms. The fourth-order valence-electron chi connectivity index (χ4n) is 2.33. The number of H-pyrrole nitrogens is 1. The Balaban J connectivity index is 1.79. The number of aromatic nitrogens is 2. The van der Waals surface area contributed by atoms with E-state index >= 15 is 0 Å². The van der Waals surface area contributed by atoms with Crippen molar-refractivity contribution in [2.75, 3.05) is 13.2 Å². The lowest BCUT2D eigenvalue weighted by Gasteiger charge is -2.08. The Morgan fingerprint density at radius 1 is 1.29 bits per heavy atom. The first-order valence-corrected chi connectivity index (χ1v) is 7.42. The Morgan fingerprint density at radius 2 is 2.10 bits per heavy atom. The molecular formula is C16H21N3O2. The molecule has 0 spiro atoms. The molecule has 0 fully saturated rings. The molecule has 0 radical (unpaired) electrons. The number of nitrogens with zero attached hydrogens (tertiary/aromatic N) is 1. The number of nitrogens with one attached hydrogen (secondary N) is 1. The van der Waals surface area contributed by atoms with Gasteiger partial charge in [-0.2, -0.15) is 0 Å². The van der Waals surface area contributed by atoms with Crippen molar-refractivity contribution in [3.63, 3.8) is 0 Å². The van der Waals surface area contributed by atoms with Gasteiger partial charge in [-0.25, -0.2) is 4.98 Å². The van der Waals surface area contributed by atoms with Gasteiger partial charge in [0.15, 0.2) is 11.5 Å². The normalized spacial score (nSPS) is 15.5. The summed E-state index contributed by atoms with van der Waals surface area (Å²) in [5, 5.41) is 0. The number of benzene rings is 1. The van der Waals surface area contributed by atoms with Crippen molar-refractivity contribution in [3.8, 4) is 22.8 Å². The van der Waals surface area contributed by atoms with Crippen LogP contribution in [0.4, 0.5) is 0 Å². The molecule has 1 aromatic heterocycles. The molecule has 1 aliphatic heterocycles. The van der Waals surface area contributed by atoms with E-state index < -0.39 is 0 Å². The summed E-state index contributed by atoms with van der Waals surface area (Å²) in [6.45, 7) is 3.41. The predicted molar refractivity (Wildman–Crippen MR) is 81.6 cm³/mol. The third kappa shape index (κ3) is 3.36.